The third-order valence-electron chi connectivity index (χ3n) is 2.93. The van der Waals surface area contributed by atoms with Crippen LogP contribution in [0.25, 0.3) is 11.5 Å². The summed E-state index contributed by atoms with van der Waals surface area (Å²) < 4.78 is 45.1. The van der Waals surface area contributed by atoms with Gasteiger partial charge in [-0.2, -0.15) is 0 Å². The fourth-order valence-corrected chi connectivity index (χ4v) is 1.86. The molecular formula is C15H8F3N3O2. The zero-order valence-corrected chi connectivity index (χ0v) is 11.4. The third-order valence-corrected chi connectivity index (χ3v) is 2.93. The maximum absolute atomic E-state index is 13.6. The molecule has 23 heavy (non-hydrogen) atoms. The highest BCUT2D eigenvalue weighted by atomic mass is 19.1. The molecule has 0 aliphatic heterocycles. The van der Waals surface area contributed by atoms with Crippen molar-refractivity contribution in [2.75, 3.05) is 5.32 Å². The SMILES string of the molecule is O=C(Nc1nnc(-c2ccc(F)cc2F)o1)c1ccccc1F. The molecule has 0 unspecified atom stereocenters. The monoisotopic (exact) mass is 319 g/mol. The van der Waals surface area contributed by atoms with E-state index in [0.717, 1.165) is 18.2 Å². The number of anilines is 1. The average molecular weight is 319 g/mol. The van der Waals surface area contributed by atoms with Crippen LogP contribution in [0.15, 0.2) is 46.9 Å². The Kier molecular flexibility index (Phi) is 3.80. The smallest absolute Gasteiger partial charge is 0.322 e. The molecule has 1 aromatic heterocycles. The van der Waals surface area contributed by atoms with Gasteiger partial charge in [0.15, 0.2) is 0 Å². The maximum Gasteiger partial charge on any atom is 0.322 e. The van der Waals surface area contributed by atoms with Crippen molar-refractivity contribution in [1.82, 2.24) is 10.2 Å². The van der Waals surface area contributed by atoms with Gasteiger partial charge in [0.25, 0.3) is 11.8 Å². The van der Waals surface area contributed by atoms with E-state index in [0.29, 0.717) is 6.07 Å². The summed E-state index contributed by atoms with van der Waals surface area (Å²) in [6.07, 6.45) is 0. The molecule has 0 saturated heterocycles. The van der Waals surface area contributed by atoms with E-state index in [9.17, 15) is 18.0 Å². The Balaban J connectivity index is 1.82. The van der Waals surface area contributed by atoms with Crippen molar-refractivity contribution in [2.45, 2.75) is 0 Å². The summed E-state index contributed by atoms with van der Waals surface area (Å²) in [4.78, 5) is 11.9. The first-order chi connectivity index (χ1) is 11.0. The normalized spacial score (nSPS) is 10.6. The van der Waals surface area contributed by atoms with Gasteiger partial charge in [0.05, 0.1) is 11.1 Å². The third kappa shape index (κ3) is 3.05. The second-order valence-electron chi connectivity index (χ2n) is 4.47. The lowest BCUT2D eigenvalue weighted by Crippen LogP contribution is -2.13. The van der Waals surface area contributed by atoms with Gasteiger partial charge >= 0.3 is 6.01 Å². The molecule has 5 nitrogen and oxygen atoms in total. The molecule has 1 heterocycles. The molecule has 3 aromatic rings. The summed E-state index contributed by atoms with van der Waals surface area (Å²) in [5.74, 6) is -3.39. The first-order valence-electron chi connectivity index (χ1n) is 6.39. The van der Waals surface area contributed by atoms with E-state index in [4.69, 9.17) is 4.42 Å². The van der Waals surface area contributed by atoms with Gasteiger partial charge in [0.1, 0.15) is 17.5 Å². The summed E-state index contributed by atoms with van der Waals surface area (Å²) in [6.45, 7) is 0. The topological polar surface area (TPSA) is 68.0 Å². The van der Waals surface area contributed by atoms with Crippen LogP contribution in [0.3, 0.4) is 0 Å². The van der Waals surface area contributed by atoms with Crippen LogP contribution < -0.4 is 5.32 Å². The molecule has 1 N–H and O–H groups in total. The van der Waals surface area contributed by atoms with Crippen LogP contribution in [0.1, 0.15) is 10.4 Å². The highest BCUT2D eigenvalue weighted by Crippen LogP contribution is 2.23. The molecule has 1 amide bonds. The lowest BCUT2D eigenvalue weighted by Gasteiger charge is -2.01. The van der Waals surface area contributed by atoms with Crippen LogP contribution in [-0.2, 0) is 0 Å². The number of benzene rings is 2. The zero-order chi connectivity index (χ0) is 16.4. The van der Waals surface area contributed by atoms with E-state index in [1.54, 1.807) is 0 Å². The van der Waals surface area contributed by atoms with Crippen molar-refractivity contribution in [3.63, 3.8) is 0 Å². The number of hydrogen-bond donors (Lipinski definition) is 1. The van der Waals surface area contributed by atoms with E-state index in [1.807, 2.05) is 0 Å². The molecule has 0 radical (unpaired) electrons. The molecule has 0 bridgehead atoms. The Hall–Kier alpha value is -3.16. The number of nitrogens with zero attached hydrogens (tertiary/aromatic N) is 2. The van der Waals surface area contributed by atoms with E-state index in [2.05, 4.69) is 15.5 Å². The van der Waals surface area contributed by atoms with E-state index in [1.165, 1.54) is 18.2 Å². The molecule has 8 heteroatoms. The van der Waals surface area contributed by atoms with Crippen LogP contribution in [-0.4, -0.2) is 16.1 Å². The number of aromatic nitrogens is 2. The van der Waals surface area contributed by atoms with Gasteiger partial charge < -0.3 is 4.42 Å². The second-order valence-corrected chi connectivity index (χ2v) is 4.47. The van der Waals surface area contributed by atoms with Crippen molar-refractivity contribution in [1.29, 1.82) is 0 Å². The maximum atomic E-state index is 13.6. The van der Waals surface area contributed by atoms with E-state index >= 15 is 0 Å². The molecule has 0 spiro atoms. The number of halogens is 3. The van der Waals surface area contributed by atoms with Crippen LogP contribution in [0.5, 0.6) is 0 Å². The lowest BCUT2D eigenvalue weighted by atomic mass is 10.2. The molecule has 3 rings (SSSR count). The molecule has 0 aliphatic carbocycles. The lowest BCUT2D eigenvalue weighted by molar-refractivity contribution is 0.102. The number of nitrogens with one attached hydrogen (secondary N) is 1. The molecule has 0 fully saturated rings. The van der Waals surface area contributed by atoms with Gasteiger partial charge in [-0.15, -0.1) is 5.10 Å². The minimum Gasteiger partial charge on any atom is -0.403 e. The predicted octanol–water partition coefficient (Wildman–Crippen LogP) is 3.41. The number of carbonyl (C=O) groups is 1. The number of rotatable bonds is 3. The summed E-state index contributed by atoms with van der Waals surface area (Å²) in [5, 5.41) is 9.28. The number of hydrogen-bond acceptors (Lipinski definition) is 4. The first kappa shape index (κ1) is 14.8. The number of carbonyl (C=O) groups excluding carboxylic acids is 1. The summed E-state index contributed by atoms with van der Waals surface area (Å²) in [6, 6.07) is 7.82. The van der Waals surface area contributed by atoms with Crippen LogP contribution in [0.2, 0.25) is 0 Å². The Bertz CT molecular complexity index is 880. The minimum absolute atomic E-state index is 0.120. The predicted molar refractivity (Wildman–Crippen MR) is 74.0 cm³/mol. The first-order valence-corrected chi connectivity index (χ1v) is 6.39. The molecule has 2 aromatic carbocycles. The van der Waals surface area contributed by atoms with Crippen LogP contribution in [0, 0.1) is 17.5 Å². The zero-order valence-electron chi connectivity index (χ0n) is 11.4. The quantitative estimate of drug-likeness (QED) is 0.803. The van der Waals surface area contributed by atoms with Crippen molar-refractivity contribution < 1.29 is 22.4 Å². The largest absolute Gasteiger partial charge is 0.403 e. The Morgan fingerprint density at radius 1 is 1.00 bits per heavy atom. The molecule has 116 valence electrons. The van der Waals surface area contributed by atoms with Gasteiger partial charge in [-0.05, 0) is 24.3 Å². The standard InChI is InChI=1S/C15H8F3N3O2/c16-8-5-6-10(12(18)7-8)14-20-21-15(23-14)19-13(22)9-3-1-2-4-11(9)17/h1-7H,(H,19,21,22). The van der Waals surface area contributed by atoms with Gasteiger partial charge in [0, 0.05) is 6.07 Å². The minimum atomic E-state index is -0.888. The second kappa shape index (κ2) is 5.91. The fraction of sp³-hybridized carbons (Fsp3) is 0. The summed E-state index contributed by atoms with van der Waals surface area (Å²) >= 11 is 0. The number of amides is 1. The highest BCUT2D eigenvalue weighted by molar-refractivity contribution is 6.03. The van der Waals surface area contributed by atoms with Gasteiger partial charge in [-0.25, -0.2) is 13.2 Å². The average Bonchev–Trinajstić information content (AvgIpc) is 2.95. The summed E-state index contributed by atoms with van der Waals surface area (Å²) in [5.41, 5.74) is -0.328. The Morgan fingerprint density at radius 2 is 1.78 bits per heavy atom. The van der Waals surface area contributed by atoms with Gasteiger partial charge in [-0.3, -0.25) is 10.1 Å². The van der Waals surface area contributed by atoms with Crippen LogP contribution >= 0.6 is 0 Å². The fourth-order valence-electron chi connectivity index (χ4n) is 1.86. The van der Waals surface area contributed by atoms with E-state index < -0.39 is 23.4 Å². The molecule has 0 aliphatic rings. The molecule has 0 saturated carbocycles. The molecular weight excluding hydrogens is 311 g/mol. The molecule has 0 atom stereocenters. The van der Waals surface area contributed by atoms with Crippen molar-refractivity contribution >= 4 is 11.9 Å². The van der Waals surface area contributed by atoms with E-state index in [-0.39, 0.29) is 23.0 Å². The van der Waals surface area contributed by atoms with Gasteiger partial charge in [-0.1, -0.05) is 17.2 Å². The van der Waals surface area contributed by atoms with Crippen molar-refractivity contribution in [2.24, 2.45) is 0 Å². The Morgan fingerprint density at radius 3 is 2.52 bits per heavy atom. The Labute approximate surface area is 127 Å². The van der Waals surface area contributed by atoms with Gasteiger partial charge in [0.2, 0.25) is 0 Å². The van der Waals surface area contributed by atoms with Crippen LogP contribution in [0.4, 0.5) is 19.2 Å². The van der Waals surface area contributed by atoms with Crippen molar-refractivity contribution in [3.05, 3.63) is 65.5 Å². The van der Waals surface area contributed by atoms with Crippen molar-refractivity contribution in [3.8, 4) is 11.5 Å². The summed E-state index contributed by atoms with van der Waals surface area (Å²) in [7, 11) is 0. The highest BCUT2D eigenvalue weighted by Gasteiger charge is 2.17.